The van der Waals surface area contributed by atoms with E-state index in [2.05, 4.69) is 37.9 Å². The van der Waals surface area contributed by atoms with Gasteiger partial charge in [0.2, 0.25) is 0 Å². The molecule has 4 nitrogen and oxygen atoms in total. The van der Waals surface area contributed by atoms with Crippen molar-refractivity contribution in [2.75, 3.05) is 24.7 Å². The Balaban J connectivity index is 1.82. The molecule has 0 aliphatic carbocycles. The molecular weight excluding hydrogens is 320 g/mol. The van der Waals surface area contributed by atoms with E-state index >= 15 is 0 Å². The van der Waals surface area contributed by atoms with E-state index in [1.54, 1.807) is 0 Å². The van der Waals surface area contributed by atoms with Crippen molar-refractivity contribution in [1.29, 1.82) is 0 Å². The summed E-state index contributed by atoms with van der Waals surface area (Å²) >= 11 is 3.50. The third-order valence-electron chi connectivity index (χ3n) is 4.46. The number of hydrogen-bond donors (Lipinski definition) is 1. The van der Waals surface area contributed by atoms with Crippen molar-refractivity contribution < 1.29 is 9.84 Å². The van der Waals surface area contributed by atoms with Crippen molar-refractivity contribution in [1.82, 2.24) is 4.98 Å². The van der Waals surface area contributed by atoms with Crippen LogP contribution < -0.4 is 4.90 Å². The lowest BCUT2D eigenvalue weighted by molar-refractivity contribution is -0.0438. The Kier molecular flexibility index (Phi) is 4.29. The third-order valence-corrected chi connectivity index (χ3v) is 5.29. The fourth-order valence-electron chi connectivity index (χ4n) is 3.33. The number of ether oxygens (including phenoxy) is 1. The molecule has 0 amide bonds. The quantitative estimate of drug-likeness (QED) is 0.898. The molecule has 1 aromatic rings. The van der Waals surface area contributed by atoms with Crippen LogP contribution in [-0.4, -0.2) is 42.0 Å². The van der Waals surface area contributed by atoms with Crippen molar-refractivity contribution in [2.24, 2.45) is 5.92 Å². The van der Waals surface area contributed by atoms with E-state index in [0.717, 1.165) is 41.8 Å². The predicted octanol–water partition coefficient (Wildman–Crippen LogP) is 2.52. The summed E-state index contributed by atoms with van der Waals surface area (Å²) in [6.45, 7) is 4.37. The van der Waals surface area contributed by atoms with Gasteiger partial charge in [-0.05, 0) is 54.2 Å². The van der Waals surface area contributed by atoms with Crippen molar-refractivity contribution in [3.8, 4) is 0 Å². The normalized spacial score (nSPS) is 30.8. The van der Waals surface area contributed by atoms with Crippen LogP contribution in [0.15, 0.2) is 16.6 Å². The second-order valence-electron chi connectivity index (χ2n) is 5.73. The van der Waals surface area contributed by atoms with E-state index in [4.69, 9.17) is 4.74 Å². The Hall–Kier alpha value is -0.650. The summed E-state index contributed by atoms with van der Waals surface area (Å²) in [5.41, 5.74) is 1.01. The lowest BCUT2D eigenvalue weighted by Gasteiger charge is -2.37. The van der Waals surface area contributed by atoms with Gasteiger partial charge in [0.15, 0.2) is 0 Å². The maximum atomic E-state index is 10.3. The molecule has 0 bridgehead atoms. The summed E-state index contributed by atoms with van der Waals surface area (Å²) < 4.78 is 6.62. The van der Waals surface area contributed by atoms with Crippen molar-refractivity contribution in [2.45, 2.75) is 38.3 Å². The molecule has 3 heterocycles. The van der Waals surface area contributed by atoms with E-state index in [1.165, 1.54) is 0 Å². The second-order valence-corrected chi connectivity index (χ2v) is 6.59. The highest BCUT2D eigenvalue weighted by Crippen LogP contribution is 2.33. The van der Waals surface area contributed by atoms with Gasteiger partial charge in [0.05, 0.1) is 18.4 Å². The molecule has 3 rings (SSSR count). The van der Waals surface area contributed by atoms with Crippen LogP contribution in [-0.2, 0) is 4.74 Å². The number of halogens is 1. The molecule has 3 atom stereocenters. The van der Waals surface area contributed by atoms with Gasteiger partial charge in [-0.2, -0.15) is 0 Å². The summed E-state index contributed by atoms with van der Waals surface area (Å²) in [6.07, 6.45) is 2.78. The lowest BCUT2D eigenvalue weighted by Crippen LogP contribution is -2.46. The van der Waals surface area contributed by atoms with Crippen LogP contribution in [0.5, 0.6) is 0 Å². The number of nitrogens with zero attached hydrogens (tertiary/aromatic N) is 2. The minimum atomic E-state index is -0.245. The zero-order chi connectivity index (χ0) is 14.1. The number of aryl methyl sites for hydroxylation is 1. The highest BCUT2D eigenvalue weighted by molar-refractivity contribution is 9.10. The van der Waals surface area contributed by atoms with Gasteiger partial charge in [0, 0.05) is 29.6 Å². The molecule has 2 aliphatic heterocycles. The van der Waals surface area contributed by atoms with Crippen molar-refractivity contribution >= 4 is 21.7 Å². The Morgan fingerprint density at radius 1 is 1.40 bits per heavy atom. The summed E-state index contributed by atoms with van der Waals surface area (Å²) in [7, 11) is 0. The highest BCUT2D eigenvalue weighted by Gasteiger charge is 2.38. The average Bonchev–Trinajstić information content (AvgIpc) is 2.91. The SMILES string of the molecule is Cc1nc(N2CCC[C@@H]2[C@@H]2COCC[C@H]2O)ccc1Br. The van der Waals surface area contributed by atoms with Gasteiger partial charge in [0.1, 0.15) is 5.82 Å². The molecule has 1 N–H and O–H groups in total. The van der Waals surface area contributed by atoms with Gasteiger partial charge in [0.25, 0.3) is 0 Å². The summed E-state index contributed by atoms with van der Waals surface area (Å²) in [6, 6.07) is 4.46. The number of anilines is 1. The van der Waals surface area contributed by atoms with Gasteiger partial charge in [-0.1, -0.05) is 0 Å². The van der Waals surface area contributed by atoms with E-state index in [1.807, 2.05) is 6.92 Å². The number of aliphatic hydroxyl groups excluding tert-OH is 1. The molecule has 0 unspecified atom stereocenters. The lowest BCUT2D eigenvalue weighted by atomic mass is 9.89. The van der Waals surface area contributed by atoms with Crippen molar-refractivity contribution in [3.05, 3.63) is 22.3 Å². The average molecular weight is 341 g/mol. The van der Waals surface area contributed by atoms with Gasteiger partial charge in [-0.15, -0.1) is 0 Å². The first-order chi connectivity index (χ1) is 9.66. The molecule has 0 saturated carbocycles. The standard InChI is InChI=1S/C15H21BrN2O2/c1-10-12(16)4-5-15(17-10)18-7-2-3-13(18)11-9-20-8-6-14(11)19/h4-5,11,13-14,19H,2-3,6-9H2,1H3/t11-,13+,14+/m0/s1. The number of aromatic nitrogens is 1. The summed E-state index contributed by atoms with van der Waals surface area (Å²) in [5.74, 6) is 1.22. The predicted molar refractivity (Wildman–Crippen MR) is 82.0 cm³/mol. The Morgan fingerprint density at radius 3 is 3.00 bits per heavy atom. The van der Waals surface area contributed by atoms with E-state index < -0.39 is 0 Å². The minimum absolute atomic E-state index is 0.206. The van der Waals surface area contributed by atoms with Gasteiger partial charge >= 0.3 is 0 Å². The molecule has 2 fully saturated rings. The van der Waals surface area contributed by atoms with Crippen LogP contribution in [0.25, 0.3) is 0 Å². The Labute approximate surface area is 128 Å². The number of pyridine rings is 1. The molecule has 110 valence electrons. The smallest absolute Gasteiger partial charge is 0.129 e. The zero-order valence-electron chi connectivity index (χ0n) is 11.8. The number of hydrogen-bond acceptors (Lipinski definition) is 4. The topological polar surface area (TPSA) is 45.6 Å². The molecule has 1 aromatic heterocycles. The molecule has 5 heteroatoms. The Bertz CT molecular complexity index is 483. The number of aliphatic hydroxyl groups is 1. The van der Waals surface area contributed by atoms with Crippen LogP contribution >= 0.6 is 15.9 Å². The Morgan fingerprint density at radius 2 is 2.25 bits per heavy atom. The second kappa shape index (κ2) is 6.00. The van der Waals surface area contributed by atoms with E-state index in [0.29, 0.717) is 19.3 Å². The monoisotopic (exact) mass is 340 g/mol. The van der Waals surface area contributed by atoms with E-state index in [-0.39, 0.29) is 12.0 Å². The van der Waals surface area contributed by atoms with Crippen LogP contribution in [0.3, 0.4) is 0 Å². The summed E-state index contributed by atoms with van der Waals surface area (Å²) in [4.78, 5) is 7.03. The first-order valence-corrected chi connectivity index (χ1v) is 8.11. The van der Waals surface area contributed by atoms with Crippen LogP contribution in [0.1, 0.15) is 25.0 Å². The van der Waals surface area contributed by atoms with Gasteiger partial charge in [-0.25, -0.2) is 4.98 Å². The third kappa shape index (κ3) is 2.71. The summed E-state index contributed by atoms with van der Waals surface area (Å²) in [5, 5.41) is 10.3. The minimum Gasteiger partial charge on any atom is -0.393 e. The molecule has 2 saturated heterocycles. The maximum Gasteiger partial charge on any atom is 0.129 e. The molecular formula is C15H21BrN2O2. The molecule has 0 spiro atoms. The van der Waals surface area contributed by atoms with Gasteiger partial charge in [-0.3, -0.25) is 0 Å². The zero-order valence-corrected chi connectivity index (χ0v) is 13.3. The molecule has 0 radical (unpaired) electrons. The fourth-order valence-corrected chi connectivity index (χ4v) is 3.55. The first-order valence-electron chi connectivity index (χ1n) is 7.32. The first kappa shape index (κ1) is 14.3. The number of rotatable bonds is 2. The molecule has 20 heavy (non-hydrogen) atoms. The molecule has 0 aromatic carbocycles. The van der Waals surface area contributed by atoms with Crippen LogP contribution in [0.4, 0.5) is 5.82 Å². The molecule has 2 aliphatic rings. The van der Waals surface area contributed by atoms with Gasteiger partial charge < -0.3 is 14.7 Å². The fraction of sp³-hybridized carbons (Fsp3) is 0.667. The van der Waals surface area contributed by atoms with E-state index in [9.17, 15) is 5.11 Å². The van der Waals surface area contributed by atoms with Crippen molar-refractivity contribution in [3.63, 3.8) is 0 Å². The largest absolute Gasteiger partial charge is 0.393 e. The maximum absolute atomic E-state index is 10.3. The highest BCUT2D eigenvalue weighted by atomic mass is 79.9. The van der Waals surface area contributed by atoms with Crippen LogP contribution in [0, 0.1) is 12.8 Å². The van der Waals surface area contributed by atoms with Crippen LogP contribution in [0.2, 0.25) is 0 Å².